The van der Waals surface area contributed by atoms with Crippen molar-refractivity contribution in [1.82, 2.24) is 0 Å². The van der Waals surface area contributed by atoms with Gasteiger partial charge in [0.15, 0.2) is 8.32 Å². The van der Waals surface area contributed by atoms with E-state index in [-0.39, 0.29) is 11.0 Å². The van der Waals surface area contributed by atoms with E-state index in [1.807, 2.05) is 0 Å². The monoisotopic (exact) mass is 284 g/mol. The Morgan fingerprint density at radius 3 is 2.58 bits per heavy atom. The molecule has 1 unspecified atom stereocenters. The first-order chi connectivity index (χ1) is 8.65. The van der Waals surface area contributed by atoms with E-state index in [4.69, 9.17) is 4.43 Å². The lowest BCUT2D eigenvalue weighted by Crippen LogP contribution is -2.43. The van der Waals surface area contributed by atoms with E-state index in [2.05, 4.69) is 44.7 Å². The minimum absolute atomic E-state index is 0.130. The van der Waals surface area contributed by atoms with Crippen LogP contribution in [0.15, 0.2) is 11.6 Å². The van der Waals surface area contributed by atoms with Crippen LogP contribution >= 0.6 is 0 Å². The maximum Gasteiger partial charge on any atom is 0.305 e. The Hall–Kier alpha value is -0.613. The van der Waals surface area contributed by atoms with Gasteiger partial charge >= 0.3 is 5.97 Å². The standard InChI is InChI=1S/C15H28O3Si/c1-15(2,3)19(5,6)18-13-9-7-12(11-13)8-10-14(16)17-4/h7,13H,8-11H2,1-6H3. The minimum atomic E-state index is -1.68. The predicted octanol–water partition coefficient (Wildman–Crippen LogP) is 4.05. The van der Waals surface area contributed by atoms with E-state index in [0.29, 0.717) is 12.5 Å². The molecule has 0 N–H and O–H groups in total. The lowest BCUT2D eigenvalue weighted by atomic mass is 10.1. The summed E-state index contributed by atoms with van der Waals surface area (Å²) in [7, 11) is -0.237. The highest BCUT2D eigenvalue weighted by molar-refractivity contribution is 6.74. The average molecular weight is 284 g/mol. The van der Waals surface area contributed by atoms with E-state index >= 15 is 0 Å². The van der Waals surface area contributed by atoms with E-state index in [1.54, 1.807) is 0 Å². The third-order valence-electron chi connectivity index (χ3n) is 4.30. The Morgan fingerprint density at radius 2 is 2.05 bits per heavy atom. The molecular formula is C15H28O3Si. The topological polar surface area (TPSA) is 35.5 Å². The fraction of sp³-hybridized carbons (Fsp3) is 0.800. The number of esters is 1. The van der Waals surface area contributed by atoms with Crippen LogP contribution in [0.1, 0.15) is 46.5 Å². The second-order valence-corrected chi connectivity index (χ2v) is 11.6. The van der Waals surface area contributed by atoms with Crippen LogP contribution in [0.5, 0.6) is 0 Å². The summed E-state index contributed by atoms with van der Waals surface area (Å²) in [6, 6.07) is 0. The van der Waals surface area contributed by atoms with Crippen LogP contribution in [0.4, 0.5) is 0 Å². The first kappa shape index (κ1) is 16.4. The zero-order valence-electron chi connectivity index (χ0n) is 13.2. The van der Waals surface area contributed by atoms with Gasteiger partial charge in [-0.1, -0.05) is 32.4 Å². The van der Waals surface area contributed by atoms with Gasteiger partial charge in [0.25, 0.3) is 0 Å². The second-order valence-electron chi connectivity index (χ2n) is 6.88. The Bertz CT molecular complexity index is 353. The molecule has 1 rings (SSSR count). The first-order valence-electron chi connectivity index (χ1n) is 7.08. The van der Waals surface area contributed by atoms with Crippen molar-refractivity contribution in [2.24, 2.45) is 0 Å². The van der Waals surface area contributed by atoms with Gasteiger partial charge in [-0.25, -0.2) is 0 Å². The summed E-state index contributed by atoms with van der Waals surface area (Å²) in [5, 5.41) is 0.252. The maximum atomic E-state index is 11.1. The molecule has 19 heavy (non-hydrogen) atoms. The lowest BCUT2D eigenvalue weighted by molar-refractivity contribution is -0.140. The summed E-state index contributed by atoms with van der Waals surface area (Å²) in [6.45, 7) is 11.4. The summed E-state index contributed by atoms with van der Waals surface area (Å²) in [5.74, 6) is -0.130. The molecule has 0 fully saturated rings. The molecule has 0 aromatic carbocycles. The molecule has 0 aromatic heterocycles. The van der Waals surface area contributed by atoms with Gasteiger partial charge in [-0.05, 0) is 37.4 Å². The number of hydrogen-bond donors (Lipinski definition) is 0. The van der Waals surface area contributed by atoms with Gasteiger partial charge in [-0.2, -0.15) is 0 Å². The number of carbonyl (C=O) groups excluding carboxylic acids is 1. The number of hydrogen-bond acceptors (Lipinski definition) is 3. The SMILES string of the molecule is COC(=O)CCC1=CCC(O[Si](C)(C)C(C)(C)C)C1. The molecule has 4 heteroatoms. The van der Waals surface area contributed by atoms with E-state index < -0.39 is 8.32 Å². The highest BCUT2D eigenvalue weighted by Crippen LogP contribution is 2.39. The van der Waals surface area contributed by atoms with Crippen molar-refractivity contribution in [2.45, 2.75) is 70.7 Å². The molecule has 1 atom stereocenters. The molecular weight excluding hydrogens is 256 g/mol. The molecule has 0 aromatic rings. The van der Waals surface area contributed by atoms with Crippen molar-refractivity contribution in [1.29, 1.82) is 0 Å². The molecule has 1 aliphatic rings. The molecule has 0 radical (unpaired) electrons. The van der Waals surface area contributed by atoms with Gasteiger partial charge in [0.05, 0.1) is 13.2 Å². The average Bonchev–Trinajstić information content (AvgIpc) is 2.71. The highest BCUT2D eigenvalue weighted by Gasteiger charge is 2.39. The van der Waals surface area contributed by atoms with Crippen LogP contribution in [-0.4, -0.2) is 27.5 Å². The fourth-order valence-electron chi connectivity index (χ4n) is 2.01. The fourth-order valence-corrected chi connectivity index (χ4v) is 3.38. The summed E-state index contributed by atoms with van der Waals surface area (Å²) < 4.78 is 11.1. The summed E-state index contributed by atoms with van der Waals surface area (Å²) in [6.07, 6.45) is 5.81. The number of carbonyl (C=O) groups is 1. The molecule has 1 aliphatic carbocycles. The van der Waals surface area contributed by atoms with Gasteiger partial charge in [-0.3, -0.25) is 4.79 Å². The molecule has 0 saturated heterocycles. The number of methoxy groups -OCH3 is 1. The molecule has 0 heterocycles. The van der Waals surface area contributed by atoms with E-state index in [1.165, 1.54) is 12.7 Å². The van der Waals surface area contributed by atoms with Crippen molar-refractivity contribution in [3.05, 3.63) is 11.6 Å². The third-order valence-corrected chi connectivity index (χ3v) is 8.84. The van der Waals surface area contributed by atoms with Crippen molar-refractivity contribution in [3.8, 4) is 0 Å². The van der Waals surface area contributed by atoms with Crippen molar-refractivity contribution >= 4 is 14.3 Å². The predicted molar refractivity (Wildman–Crippen MR) is 80.6 cm³/mol. The Kier molecular flexibility index (Phi) is 5.39. The van der Waals surface area contributed by atoms with Crippen LogP contribution in [0.25, 0.3) is 0 Å². The van der Waals surface area contributed by atoms with Crippen LogP contribution in [0, 0.1) is 0 Å². The smallest absolute Gasteiger partial charge is 0.305 e. The van der Waals surface area contributed by atoms with Gasteiger partial charge < -0.3 is 9.16 Å². The molecule has 0 aliphatic heterocycles. The quantitative estimate of drug-likeness (QED) is 0.434. The zero-order valence-corrected chi connectivity index (χ0v) is 14.2. The normalized spacial score (nSPS) is 20.3. The van der Waals surface area contributed by atoms with Crippen LogP contribution < -0.4 is 0 Å². The molecule has 0 amide bonds. The number of rotatable bonds is 5. The van der Waals surface area contributed by atoms with Crippen LogP contribution in [0.2, 0.25) is 18.1 Å². The minimum Gasteiger partial charge on any atom is -0.469 e. The van der Waals surface area contributed by atoms with Crippen LogP contribution in [0.3, 0.4) is 0 Å². The van der Waals surface area contributed by atoms with Crippen molar-refractivity contribution in [2.75, 3.05) is 7.11 Å². The molecule has 0 saturated carbocycles. The van der Waals surface area contributed by atoms with E-state index in [0.717, 1.165) is 19.3 Å². The van der Waals surface area contributed by atoms with Gasteiger partial charge in [0.2, 0.25) is 0 Å². The number of ether oxygens (including phenoxy) is 1. The van der Waals surface area contributed by atoms with Gasteiger partial charge in [-0.15, -0.1) is 0 Å². The lowest BCUT2D eigenvalue weighted by Gasteiger charge is -2.38. The Morgan fingerprint density at radius 1 is 1.42 bits per heavy atom. The molecule has 3 nitrogen and oxygen atoms in total. The van der Waals surface area contributed by atoms with Gasteiger partial charge in [0, 0.05) is 6.42 Å². The highest BCUT2D eigenvalue weighted by atomic mass is 28.4. The van der Waals surface area contributed by atoms with E-state index in [9.17, 15) is 4.79 Å². The summed E-state index contributed by atoms with van der Waals surface area (Å²) in [4.78, 5) is 11.1. The molecule has 110 valence electrons. The van der Waals surface area contributed by atoms with Crippen molar-refractivity contribution < 1.29 is 14.0 Å². The maximum absolute atomic E-state index is 11.1. The Labute approximate surface area is 118 Å². The van der Waals surface area contributed by atoms with Crippen LogP contribution in [-0.2, 0) is 14.0 Å². The molecule has 0 spiro atoms. The first-order valence-corrected chi connectivity index (χ1v) is 9.99. The summed E-state index contributed by atoms with van der Waals surface area (Å²) >= 11 is 0. The second kappa shape index (κ2) is 6.22. The largest absolute Gasteiger partial charge is 0.469 e. The van der Waals surface area contributed by atoms with Crippen molar-refractivity contribution in [3.63, 3.8) is 0 Å². The summed E-state index contributed by atoms with van der Waals surface area (Å²) in [5.41, 5.74) is 1.34. The zero-order chi connectivity index (χ0) is 14.7. The third kappa shape index (κ3) is 4.77. The molecule has 0 bridgehead atoms. The Balaban J connectivity index is 2.41. The van der Waals surface area contributed by atoms with Gasteiger partial charge in [0.1, 0.15) is 0 Å².